The summed E-state index contributed by atoms with van der Waals surface area (Å²) in [5, 5.41) is 1.26. The third-order valence-corrected chi connectivity index (χ3v) is 6.48. The molecule has 1 amide bonds. The second-order valence-corrected chi connectivity index (χ2v) is 8.87. The van der Waals surface area contributed by atoms with Crippen molar-refractivity contribution in [2.45, 2.75) is 39.2 Å². The largest absolute Gasteiger partial charge is 0.497 e. The second kappa shape index (κ2) is 9.89. The van der Waals surface area contributed by atoms with Crippen molar-refractivity contribution in [1.82, 2.24) is 9.47 Å². The fourth-order valence-electron chi connectivity index (χ4n) is 4.42. The summed E-state index contributed by atoms with van der Waals surface area (Å²) in [6.45, 7) is 4.78. The van der Waals surface area contributed by atoms with Crippen molar-refractivity contribution < 1.29 is 23.9 Å². The molecule has 178 valence electrons. The van der Waals surface area contributed by atoms with Crippen LogP contribution in [0.25, 0.3) is 10.9 Å². The molecule has 2 heterocycles. The van der Waals surface area contributed by atoms with Crippen LogP contribution < -0.4 is 4.74 Å². The van der Waals surface area contributed by atoms with E-state index in [9.17, 15) is 14.4 Å². The van der Waals surface area contributed by atoms with Crippen LogP contribution in [0.3, 0.4) is 0 Å². The number of halogens is 1. The van der Waals surface area contributed by atoms with E-state index in [-0.39, 0.29) is 18.2 Å². The van der Waals surface area contributed by atoms with Crippen molar-refractivity contribution in [2.24, 2.45) is 0 Å². The summed E-state index contributed by atoms with van der Waals surface area (Å²) in [5.41, 5.74) is 2.40. The molecule has 0 aliphatic carbocycles. The smallest absolute Gasteiger partial charge is 0.311 e. The molecule has 1 saturated heterocycles. The van der Waals surface area contributed by atoms with Gasteiger partial charge in [-0.3, -0.25) is 19.0 Å². The van der Waals surface area contributed by atoms with Crippen LogP contribution in [0.15, 0.2) is 42.5 Å². The van der Waals surface area contributed by atoms with Gasteiger partial charge in [-0.15, -0.1) is 0 Å². The van der Waals surface area contributed by atoms with Crippen LogP contribution in [0.4, 0.5) is 0 Å². The van der Waals surface area contributed by atoms with E-state index in [1.165, 1.54) is 0 Å². The first-order valence-corrected chi connectivity index (χ1v) is 11.6. The van der Waals surface area contributed by atoms with Gasteiger partial charge in [-0.25, -0.2) is 0 Å². The quantitative estimate of drug-likeness (QED) is 0.487. The number of carbonyl (C=O) groups excluding carboxylic acids is 3. The molecule has 0 N–H and O–H groups in total. The third kappa shape index (κ3) is 4.66. The zero-order chi connectivity index (χ0) is 24.4. The predicted octanol–water partition coefficient (Wildman–Crippen LogP) is 4.40. The summed E-state index contributed by atoms with van der Waals surface area (Å²) in [7, 11) is 1.56. The minimum atomic E-state index is -0.857. The summed E-state index contributed by atoms with van der Waals surface area (Å²) in [6, 6.07) is 12.0. The lowest BCUT2D eigenvalue weighted by Gasteiger charge is -2.20. The highest BCUT2D eigenvalue weighted by molar-refractivity contribution is 6.30. The maximum Gasteiger partial charge on any atom is 0.311 e. The van der Waals surface area contributed by atoms with Gasteiger partial charge in [0.2, 0.25) is 0 Å². The molecule has 1 fully saturated rings. The predicted molar refractivity (Wildman–Crippen MR) is 129 cm³/mol. The highest BCUT2D eigenvalue weighted by atomic mass is 35.5. The topological polar surface area (TPSA) is 77.8 Å². The van der Waals surface area contributed by atoms with E-state index in [1.54, 1.807) is 72.9 Å². The van der Waals surface area contributed by atoms with Crippen LogP contribution in [0, 0.1) is 6.92 Å². The van der Waals surface area contributed by atoms with Crippen LogP contribution in [-0.4, -0.2) is 53.6 Å². The van der Waals surface area contributed by atoms with Gasteiger partial charge in [0.15, 0.2) is 6.10 Å². The zero-order valence-corrected chi connectivity index (χ0v) is 20.2. The number of benzene rings is 2. The number of fused-ring (bicyclic) bond motifs is 1. The van der Waals surface area contributed by atoms with Crippen LogP contribution in [0.5, 0.6) is 5.75 Å². The van der Waals surface area contributed by atoms with Crippen molar-refractivity contribution >= 4 is 40.3 Å². The van der Waals surface area contributed by atoms with Gasteiger partial charge in [-0.2, -0.15) is 0 Å². The fourth-order valence-corrected chi connectivity index (χ4v) is 4.55. The maximum absolute atomic E-state index is 13.4. The first-order chi connectivity index (χ1) is 16.3. The Balaban J connectivity index is 1.65. The molecule has 0 bridgehead atoms. The first-order valence-electron chi connectivity index (χ1n) is 11.3. The Morgan fingerprint density at radius 1 is 1.06 bits per heavy atom. The average molecular weight is 483 g/mol. The molecular formula is C26H27ClN2O5. The first kappa shape index (κ1) is 23.8. The Morgan fingerprint density at radius 2 is 1.74 bits per heavy atom. The number of methoxy groups -OCH3 is 1. The molecule has 8 heteroatoms. The van der Waals surface area contributed by atoms with Gasteiger partial charge in [0.25, 0.3) is 11.8 Å². The molecule has 1 aliphatic rings. The molecule has 3 aromatic rings. The Labute approximate surface area is 203 Å². The normalized spacial score (nSPS) is 14.3. The standard InChI is InChI=1S/C26H27ClN2O5/c1-16-21(15-24(30)34-17(2)25(31)28-12-4-5-13-28)22-14-20(33-3)10-11-23(22)29(16)26(32)18-6-8-19(27)9-7-18/h6-11,14,17H,4-5,12-13,15H2,1-3H3/t17-/m1/s1. The lowest BCUT2D eigenvalue weighted by molar-refractivity contribution is -0.158. The molecule has 2 aromatic carbocycles. The van der Waals surface area contributed by atoms with E-state index < -0.39 is 12.1 Å². The summed E-state index contributed by atoms with van der Waals surface area (Å²) in [4.78, 5) is 40.5. The van der Waals surface area contributed by atoms with Crippen molar-refractivity contribution in [3.63, 3.8) is 0 Å². The number of aromatic nitrogens is 1. The highest BCUT2D eigenvalue weighted by Gasteiger charge is 2.27. The Bertz CT molecular complexity index is 1240. The number of carbonyl (C=O) groups is 3. The number of likely N-dealkylation sites (tertiary alicyclic amines) is 1. The molecule has 4 rings (SSSR count). The molecule has 34 heavy (non-hydrogen) atoms. The van der Waals surface area contributed by atoms with Crippen LogP contribution in [0.1, 0.15) is 41.4 Å². The van der Waals surface area contributed by atoms with E-state index in [0.717, 1.165) is 18.2 Å². The lowest BCUT2D eigenvalue weighted by Crippen LogP contribution is -2.38. The van der Waals surface area contributed by atoms with Crippen molar-refractivity contribution in [3.8, 4) is 5.75 Å². The maximum atomic E-state index is 13.4. The van der Waals surface area contributed by atoms with Gasteiger partial charge >= 0.3 is 5.97 Å². The van der Waals surface area contributed by atoms with E-state index >= 15 is 0 Å². The van der Waals surface area contributed by atoms with E-state index in [0.29, 0.717) is 46.2 Å². The van der Waals surface area contributed by atoms with E-state index in [1.807, 2.05) is 0 Å². The molecule has 7 nitrogen and oxygen atoms in total. The second-order valence-electron chi connectivity index (χ2n) is 8.44. The number of hydrogen-bond acceptors (Lipinski definition) is 5. The van der Waals surface area contributed by atoms with Gasteiger partial charge in [-0.05, 0) is 74.7 Å². The van der Waals surface area contributed by atoms with E-state index in [2.05, 4.69) is 0 Å². The molecule has 0 unspecified atom stereocenters. The molecule has 1 aromatic heterocycles. The minimum Gasteiger partial charge on any atom is -0.497 e. The van der Waals surface area contributed by atoms with E-state index in [4.69, 9.17) is 21.1 Å². The number of nitrogens with zero attached hydrogens (tertiary/aromatic N) is 2. The minimum absolute atomic E-state index is 0.0754. The summed E-state index contributed by atoms with van der Waals surface area (Å²) < 4.78 is 12.4. The van der Waals surface area contributed by atoms with Crippen molar-refractivity contribution in [3.05, 3.63) is 64.3 Å². The van der Waals surface area contributed by atoms with Crippen LogP contribution >= 0.6 is 11.6 Å². The Morgan fingerprint density at radius 3 is 2.38 bits per heavy atom. The van der Waals surface area contributed by atoms with Gasteiger partial charge in [0, 0.05) is 34.8 Å². The highest BCUT2D eigenvalue weighted by Crippen LogP contribution is 2.31. The number of hydrogen-bond donors (Lipinski definition) is 0. The summed E-state index contributed by atoms with van der Waals surface area (Å²) >= 11 is 5.98. The number of ether oxygens (including phenoxy) is 2. The number of rotatable bonds is 6. The summed E-state index contributed by atoms with van der Waals surface area (Å²) in [5.74, 6) is -0.328. The molecule has 0 radical (unpaired) electrons. The van der Waals surface area contributed by atoms with Crippen LogP contribution in [0.2, 0.25) is 5.02 Å². The molecular weight excluding hydrogens is 456 g/mol. The molecule has 1 atom stereocenters. The zero-order valence-electron chi connectivity index (χ0n) is 19.5. The average Bonchev–Trinajstić information content (AvgIpc) is 3.45. The van der Waals surface area contributed by atoms with Gasteiger partial charge in [-0.1, -0.05) is 11.6 Å². The van der Waals surface area contributed by atoms with Crippen LogP contribution in [-0.2, 0) is 20.7 Å². The van der Waals surface area contributed by atoms with Gasteiger partial charge < -0.3 is 14.4 Å². The lowest BCUT2D eigenvalue weighted by atomic mass is 10.1. The monoisotopic (exact) mass is 482 g/mol. The number of esters is 1. The Kier molecular flexibility index (Phi) is 6.93. The summed E-state index contributed by atoms with van der Waals surface area (Å²) in [6.07, 6.45) is 1.00. The number of amides is 1. The molecule has 0 spiro atoms. The fraction of sp³-hybridized carbons (Fsp3) is 0.346. The SMILES string of the molecule is COc1ccc2c(c1)c(CC(=O)O[C@H](C)C(=O)N1CCCC1)c(C)n2C(=O)c1ccc(Cl)cc1. The van der Waals surface area contributed by atoms with Crippen molar-refractivity contribution in [1.29, 1.82) is 0 Å². The van der Waals surface area contributed by atoms with Gasteiger partial charge in [0.05, 0.1) is 19.0 Å². The Hall–Kier alpha value is -3.32. The third-order valence-electron chi connectivity index (χ3n) is 6.23. The molecule has 1 aliphatic heterocycles. The van der Waals surface area contributed by atoms with Crippen molar-refractivity contribution in [2.75, 3.05) is 20.2 Å². The van der Waals surface area contributed by atoms with Gasteiger partial charge in [0.1, 0.15) is 5.75 Å². The molecule has 0 saturated carbocycles.